The highest BCUT2D eigenvalue weighted by Gasteiger charge is 2.21. The predicted octanol–water partition coefficient (Wildman–Crippen LogP) is 2.84. The summed E-state index contributed by atoms with van der Waals surface area (Å²) in [4.78, 5) is 44.8. The number of nitro benzene ring substituents is 2. The van der Waals surface area contributed by atoms with E-state index in [0.29, 0.717) is 5.56 Å². The first-order valence-corrected chi connectivity index (χ1v) is 8.13. The fraction of sp³-hybridized carbons (Fsp3) is 0.222. The number of hydrogen-bond acceptors (Lipinski definition) is 7. The summed E-state index contributed by atoms with van der Waals surface area (Å²) < 4.78 is 4.84. The first-order chi connectivity index (χ1) is 13.2. The molecule has 1 N–H and O–H groups in total. The van der Waals surface area contributed by atoms with Crippen molar-refractivity contribution < 1.29 is 24.2 Å². The SMILES string of the molecule is Cc1ccc([N+](=O)[O-])c(NC(=O)COC(=O)Cc2ccccc2[N+](=O)[O-])c1C. The first kappa shape index (κ1) is 20.5. The lowest BCUT2D eigenvalue weighted by Gasteiger charge is -2.11. The number of nitro groups is 2. The summed E-state index contributed by atoms with van der Waals surface area (Å²) in [6.45, 7) is 2.68. The van der Waals surface area contributed by atoms with Gasteiger partial charge in [-0.15, -0.1) is 0 Å². The summed E-state index contributed by atoms with van der Waals surface area (Å²) in [5.74, 6) is -1.59. The molecule has 2 rings (SSSR count). The van der Waals surface area contributed by atoms with Crippen LogP contribution >= 0.6 is 0 Å². The first-order valence-electron chi connectivity index (χ1n) is 8.13. The van der Waals surface area contributed by atoms with Crippen molar-refractivity contribution in [1.82, 2.24) is 0 Å². The molecular weight excluding hydrogens is 370 g/mol. The van der Waals surface area contributed by atoms with Gasteiger partial charge in [0.1, 0.15) is 5.69 Å². The number of aryl methyl sites for hydroxylation is 1. The Morgan fingerprint density at radius 3 is 2.29 bits per heavy atom. The van der Waals surface area contributed by atoms with E-state index in [-0.39, 0.29) is 29.0 Å². The molecule has 28 heavy (non-hydrogen) atoms. The van der Waals surface area contributed by atoms with Gasteiger partial charge in [0.05, 0.1) is 16.3 Å². The van der Waals surface area contributed by atoms with E-state index in [1.165, 1.54) is 24.3 Å². The van der Waals surface area contributed by atoms with E-state index < -0.39 is 28.3 Å². The second-order valence-electron chi connectivity index (χ2n) is 5.93. The van der Waals surface area contributed by atoms with Crippen molar-refractivity contribution in [2.24, 2.45) is 0 Å². The minimum atomic E-state index is -0.833. The fourth-order valence-corrected chi connectivity index (χ4v) is 2.48. The van der Waals surface area contributed by atoms with Crippen LogP contribution in [0.15, 0.2) is 36.4 Å². The fourth-order valence-electron chi connectivity index (χ4n) is 2.48. The quantitative estimate of drug-likeness (QED) is 0.437. The summed E-state index contributed by atoms with van der Waals surface area (Å²) >= 11 is 0. The van der Waals surface area contributed by atoms with E-state index in [0.717, 1.165) is 5.56 Å². The Balaban J connectivity index is 2.02. The molecule has 0 aliphatic carbocycles. The molecule has 0 bridgehead atoms. The van der Waals surface area contributed by atoms with Crippen molar-refractivity contribution in [1.29, 1.82) is 0 Å². The Morgan fingerprint density at radius 2 is 1.64 bits per heavy atom. The highest BCUT2D eigenvalue weighted by atomic mass is 16.6. The monoisotopic (exact) mass is 387 g/mol. The largest absolute Gasteiger partial charge is 0.455 e. The maximum absolute atomic E-state index is 12.1. The van der Waals surface area contributed by atoms with Gasteiger partial charge in [-0.2, -0.15) is 0 Å². The molecule has 0 spiro atoms. The molecule has 0 atom stereocenters. The van der Waals surface area contributed by atoms with Crippen molar-refractivity contribution in [3.8, 4) is 0 Å². The molecule has 146 valence electrons. The van der Waals surface area contributed by atoms with Gasteiger partial charge in [-0.3, -0.25) is 29.8 Å². The van der Waals surface area contributed by atoms with Crippen LogP contribution in [0, 0.1) is 34.1 Å². The molecule has 0 heterocycles. The van der Waals surface area contributed by atoms with Gasteiger partial charge in [0.2, 0.25) is 0 Å². The molecule has 0 saturated carbocycles. The summed E-state index contributed by atoms with van der Waals surface area (Å²) in [5, 5.41) is 24.5. The summed E-state index contributed by atoms with van der Waals surface area (Å²) in [6.07, 6.45) is -0.381. The zero-order valence-electron chi connectivity index (χ0n) is 15.1. The van der Waals surface area contributed by atoms with Crippen LogP contribution in [0.25, 0.3) is 0 Å². The number of nitrogens with one attached hydrogen (secondary N) is 1. The highest BCUT2D eigenvalue weighted by Crippen LogP contribution is 2.30. The van der Waals surface area contributed by atoms with Gasteiger partial charge in [-0.1, -0.05) is 24.3 Å². The maximum Gasteiger partial charge on any atom is 0.311 e. The number of rotatable bonds is 7. The van der Waals surface area contributed by atoms with Gasteiger partial charge in [0, 0.05) is 17.7 Å². The number of amides is 1. The second-order valence-corrected chi connectivity index (χ2v) is 5.93. The van der Waals surface area contributed by atoms with E-state index >= 15 is 0 Å². The van der Waals surface area contributed by atoms with Crippen molar-refractivity contribution >= 4 is 28.9 Å². The van der Waals surface area contributed by atoms with Gasteiger partial charge >= 0.3 is 5.97 Å². The molecular formula is C18H17N3O7. The number of nitrogens with zero attached hydrogens (tertiary/aromatic N) is 2. The number of ether oxygens (including phenoxy) is 1. The lowest BCUT2D eigenvalue weighted by molar-refractivity contribution is -0.385. The average molecular weight is 387 g/mol. The topological polar surface area (TPSA) is 142 Å². The highest BCUT2D eigenvalue weighted by molar-refractivity contribution is 5.96. The summed E-state index contributed by atoms with van der Waals surface area (Å²) in [6, 6.07) is 8.53. The molecule has 0 unspecified atom stereocenters. The van der Waals surface area contributed by atoms with Crippen molar-refractivity contribution in [3.05, 3.63) is 73.3 Å². The molecule has 2 aromatic rings. The average Bonchev–Trinajstić information content (AvgIpc) is 2.64. The maximum atomic E-state index is 12.1. The summed E-state index contributed by atoms with van der Waals surface area (Å²) in [5.41, 5.74) is 0.952. The molecule has 10 heteroatoms. The second kappa shape index (κ2) is 8.71. The zero-order chi connectivity index (χ0) is 20.8. The molecule has 0 aliphatic rings. The van der Waals surface area contributed by atoms with Gasteiger partial charge in [-0.25, -0.2) is 0 Å². The van der Waals surface area contributed by atoms with Crippen LogP contribution in [-0.2, 0) is 20.7 Å². The number of esters is 1. The van der Waals surface area contributed by atoms with E-state index in [1.54, 1.807) is 26.0 Å². The van der Waals surface area contributed by atoms with Crippen LogP contribution < -0.4 is 5.32 Å². The molecule has 0 fully saturated rings. The van der Waals surface area contributed by atoms with Gasteiger partial charge in [0.15, 0.2) is 6.61 Å². The molecule has 1 amide bonds. The lowest BCUT2D eigenvalue weighted by atomic mass is 10.1. The smallest absolute Gasteiger partial charge is 0.311 e. The van der Waals surface area contributed by atoms with Crippen LogP contribution in [-0.4, -0.2) is 28.3 Å². The Morgan fingerprint density at radius 1 is 1.00 bits per heavy atom. The minimum Gasteiger partial charge on any atom is -0.455 e. The van der Waals surface area contributed by atoms with Crippen molar-refractivity contribution in [3.63, 3.8) is 0 Å². The standard InChI is InChI=1S/C18H17N3O7/c1-11-7-8-15(21(26)27)18(12(11)2)19-16(22)10-28-17(23)9-13-5-3-4-6-14(13)20(24)25/h3-8H,9-10H2,1-2H3,(H,19,22). The number of benzene rings is 2. The lowest BCUT2D eigenvalue weighted by Crippen LogP contribution is -2.22. The summed E-state index contributed by atoms with van der Waals surface area (Å²) in [7, 11) is 0. The van der Waals surface area contributed by atoms with Crippen LogP contribution in [0.3, 0.4) is 0 Å². The Hall–Kier alpha value is -3.82. The number of para-hydroxylation sites is 1. The van der Waals surface area contributed by atoms with Gasteiger partial charge < -0.3 is 10.1 Å². The van der Waals surface area contributed by atoms with Gasteiger partial charge in [0.25, 0.3) is 17.3 Å². The van der Waals surface area contributed by atoms with Crippen molar-refractivity contribution in [2.45, 2.75) is 20.3 Å². The number of hydrogen-bond donors (Lipinski definition) is 1. The predicted molar refractivity (Wildman–Crippen MR) is 99.0 cm³/mol. The van der Waals surface area contributed by atoms with E-state index in [4.69, 9.17) is 4.74 Å². The van der Waals surface area contributed by atoms with Crippen molar-refractivity contribution in [2.75, 3.05) is 11.9 Å². The Bertz CT molecular complexity index is 956. The zero-order valence-corrected chi connectivity index (χ0v) is 15.1. The third kappa shape index (κ3) is 4.87. The number of anilines is 1. The van der Waals surface area contributed by atoms with Crippen LogP contribution in [0.5, 0.6) is 0 Å². The third-order valence-corrected chi connectivity index (χ3v) is 4.06. The minimum absolute atomic E-state index is 0.0322. The molecule has 0 aromatic heterocycles. The van der Waals surface area contributed by atoms with E-state index in [1.807, 2.05) is 0 Å². The van der Waals surface area contributed by atoms with Crippen LogP contribution in [0.4, 0.5) is 17.1 Å². The van der Waals surface area contributed by atoms with Crippen LogP contribution in [0.2, 0.25) is 0 Å². The Labute approximate surface area is 159 Å². The van der Waals surface area contributed by atoms with E-state index in [9.17, 15) is 29.8 Å². The normalized spacial score (nSPS) is 10.2. The van der Waals surface area contributed by atoms with E-state index in [2.05, 4.69) is 5.32 Å². The molecule has 0 aliphatic heterocycles. The molecule has 0 radical (unpaired) electrons. The third-order valence-electron chi connectivity index (χ3n) is 4.06. The van der Waals surface area contributed by atoms with Crippen LogP contribution in [0.1, 0.15) is 16.7 Å². The molecule has 0 saturated heterocycles. The molecule has 2 aromatic carbocycles. The number of carbonyl (C=O) groups excluding carboxylic acids is 2. The number of carbonyl (C=O) groups is 2. The Kier molecular flexibility index (Phi) is 6.38. The van der Waals surface area contributed by atoms with Gasteiger partial charge in [-0.05, 0) is 25.0 Å². The molecule has 10 nitrogen and oxygen atoms in total.